The van der Waals surface area contributed by atoms with E-state index in [1.807, 2.05) is 41.1 Å². The molecule has 3 aromatic rings. The number of fused-ring (bicyclic) bond motifs is 1. The van der Waals surface area contributed by atoms with E-state index >= 15 is 0 Å². The van der Waals surface area contributed by atoms with Gasteiger partial charge in [-0.3, -0.25) is 4.79 Å². The second-order valence-electron chi connectivity index (χ2n) is 3.59. The van der Waals surface area contributed by atoms with Crippen molar-refractivity contribution >= 4 is 22.2 Å². The Balaban J connectivity index is 2.36. The summed E-state index contributed by atoms with van der Waals surface area (Å²) in [5.74, 6) is 0. The third kappa shape index (κ3) is 1.83. The van der Waals surface area contributed by atoms with E-state index in [4.69, 9.17) is 0 Å². The van der Waals surface area contributed by atoms with Gasteiger partial charge in [0.2, 0.25) is 0 Å². The Kier molecular flexibility index (Phi) is 2.42. The van der Waals surface area contributed by atoms with E-state index in [-0.39, 0.29) is 5.56 Å². The first-order valence-electron chi connectivity index (χ1n) is 5.13. The fourth-order valence-corrected chi connectivity index (χ4v) is 2.29. The lowest BCUT2D eigenvalue weighted by Gasteiger charge is -1.86. The number of hydrogen-bond donors (Lipinski definition) is 0. The van der Waals surface area contributed by atoms with Crippen LogP contribution in [0.5, 0.6) is 0 Å². The predicted octanol–water partition coefficient (Wildman–Crippen LogP) is 2.72. The molecule has 0 amide bonds. The molecule has 0 N–H and O–H groups in total. The van der Waals surface area contributed by atoms with Crippen molar-refractivity contribution in [3.63, 3.8) is 0 Å². The summed E-state index contributed by atoms with van der Waals surface area (Å²) in [5, 5.41) is 4.69. The number of benzene rings is 1. The average molecular weight is 240 g/mol. The molecule has 4 heteroatoms. The van der Waals surface area contributed by atoms with Crippen LogP contribution in [0, 0.1) is 0 Å². The van der Waals surface area contributed by atoms with Crippen LogP contribution in [-0.4, -0.2) is 9.97 Å². The Bertz CT molecular complexity index is 723. The lowest BCUT2D eigenvalue weighted by atomic mass is 10.2. The molecule has 0 atom stereocenters. The molecule has 0 saturated heterocycles. The van der Waals surface area contributed by atoms with E-state index in [0.717, 1.165) is 10.9 Å². The molecule has 82 valence electrons. The number of rotatable bonds is 1. The third-order valence-corrected chi connectivity index (χ3v) is 3.17. The first-order chi connectivity index (χ1) is 8.34. The normalized spacial score (nSPS) is 10.6. The van der Waals surface area contributed by atoms with Gasteiger partial charge in [0.1, 0.15) is 5.69 Å². The Labute approximate surface area is 101 Å². The molecule has 0 fully saturated rings. The molecule has 0 aliphatic rings. The lowest BCUT2D eigenvalue weighted by Crippen LogP contribution is -2.05. The summed E-state index contributed by atoms with van der Waals surface area (Å²) in [6.45, 7) is 0. The van der Waals surface area contributed by atoms with Gasteiger partial charge in [-0.15, -0.1) is 0 Å². The van der Waals surface area contributed by atoms with Crippen LogP contribution in [0.15, 0.2) is 52.1 Å². The molecule has 0 unspecified atom stereocenters. The zero-order chi connectivity index (χ0) is 11.7. The highest BCUT2D eigenvalue weighted by atomic mass is 32.1. The molecule has 0 bridgehead atoms. The predicted molar refractivity (Wildman–Crippen MR) is 69.1 cm³/mol. The summed E-state index contributed by atoms with van der Waals surface area (Å²) < 4.78 is 0. The minimum Gasteiger partial charge on any atom is -0.265 e. The van der Waals surface area contributed by atoms with Gasteiger partial charge >= 0.3 is 0 Å². The Morgan fingerprint density at radius 3 is 2.82 bits per heavy atom. The second-order valence-corrected chi connectivity index (χ2v) is 4.37. The van der Waals surface area contributed by atoms with Crippen molar-refractivity contribution < 1.29 is 0 Å². The van der Waals surface area contributed by atoms with Crippen LogP contribution in [0.25, 0.3) is 22.2 Å². The largest absolute Gasteiger partial charge is 0.296 e. The molecule has 0 radical (unpaired) electrons. The number of aromatic nitrogens is 2. The van der Waals surface area contributed by atoms with Crippen LogP contribution in [0.2, 0.25) is 0 Å². The van der Waals surface area contributed by atoms with Gasteiger partial charge in [-0.2, -0.15) is 11.3 Å². The zero-order valence-corrected chi connectivity index (χ0v) is 9.65. The highest BCUT2D eigenvalue weighted by molar-refractivity contribution is 7.08. The molecule has 1 aromatic carbocycles. The van der Waals surface area contributed by atoms with Gasteiger partial charge in [0.05, 0.1) is 5.52 Å². The van der Waals surface area contributed by atoms with Crippen LogP contribution in [0.4, 0.5) is 0 Å². The Hall–Kier alpha value is -2.07. The number of nitrogens with zero attached hydrogens (tertiary/aromatic N) is 2. The van der Waals surface area contributed by atoms with Crippen molar-refractivity contribution in [2.24, 2.45) is 0 Å². The molecule has 2 heterocycles. The fourth-order valence-electron chi connectivity index (χ4n) is 1.65. The van der Waals surface area contributed by atoms with E-state index in [1.165, 1.54) is 11.3 Å². The standard InChI is InChI=1S/C13H8N2OS/c16-13-12(10-5-6-17-8-10)14-7-9-3-1-2-4-11(9)15-13/h1-8H. The van der Waals surface area contributed by atoms with E-state index in [2.05, 4.69) is 9.97 Å². The summed E-state index contributed by atoms with van der Waals surface area (Å²) in [6.07, 6.45) is 1.69. The van der Waals surface area contributed by atoms with Crippen molar-refractivity contribution in [3.05, 3.63) is 57.6 Å². The van der Waals surface area contributed by atoms with Gasteiger partial charge in [-0.1, -0.05) is 18.2 Å². The monoisotopic (exact) mass is 240 g/mol. The summed E-state index contributed by atoms with van der Waals surface area (Å²) in [7, 11) is 0. The highest BCUT2D eigenvalue weighted by Gasteiger charge is 2.05. The van der Waals surface area contributed by atoms with E-state index < -0.39 is 0 Å². The molecule has 3 rings (SSSR count). The molecule has 0 spiro atoms. The number of para-hydroxylation sites is 1. The number of hydrogen-bond acceptors (Lipinski definition) is 4. The molecule has 0 saturated carbocycles. The molecule has 0 aliphatic carbocycles. The van der Waals surface area contributed by atoms with Gasteiger partial charge < -0.3 is 0 Å². The Morgan fingerprint density at radius 2 is 2.00 bits per heavy atom. The second kappa shape index (κ2) is 4.07. The van der Waals surface area contributed by atoms with Gasteiger partial charge in [0.25, 0.3) is 5.56 Å². The van der Waals surface area contributed by atoms with Crippen LogP contribution in [0.1, 0.15) is 0 Å². The zero-order valence-electron chi connectivity index (χ0n) is 8.83. The van der Waals surface area contributed by atoms with Crippen LogP contribution >= 0.6 is 11.3 Å². The van der Waals surface area contributed by atoms with Crippen molar-refractivity contribution in [1.29, 1.82) is 0 Å². The lowest BCUT2D eigenvalue weighted by molar-refractivity contribution is 1.26. The van der Waals surface area contributed by atoms with E-state index in [0.29, 0.717) is 11.2 Å². The maximum Gasteiger partial charge on any atom is 0.296 e. The van der Waals surface area contributed by atoms with Crippen LogP contribution in [-0.2, 0) is 0 Å². The molecule has 3 nitrogen and oxygen atoms in total. The van der Waals surface area contributed by atoms with Gasteiger partial charge in [0, 0.05) is 22.5 Å². The van der Waals surface area contributed by atoms with Crippen molar-refractivity contribution in [2.75, 3.05) is 0 Å². The molecule has 17 heavy (non-hydrogen) atoms. The highest BCUT2D eigenvalue weighted by Crippen LogP contribution is 2.16. The van der Waals surface area contributed by atoms with Gasteiger partial charge in [-0.25, -0.2) is 9.97 Å². The van der Waals surface area contributed by atoms with E-state index in [9.17, 15) is 4.79 Å². The van der Waals surface area contributed by atoms with Crippen molar-refractivity contribution in [2.45, 2.75) is 0 Å². The van der Waals surface area contributed by atoms with Crippen molar-refractivity contribution in [1.82, 2.24) is 9.97 Å². The minimum atomic E-state index is -0.287. The Morgan fingerprint density at radius 1 is 1.12 bits per heavy atom. The minimum absolute atomic E-state index is 0.287. The quantitative estimate of drug-likeness (QED) is 0.656. The maximum absolute atomic E-state index is 12.0. The first kappa shape index (κ1) is 10.1. The molecular weight excluding hydrogens is 232 g/mol. The molecule has 2 aromatic heterocycles. The maximum atomic E-state index is 12.0. The summed E-state index contributed by atoms with van der Waals surface area (Å²) >= 11 is 1.54. The average Bonchev–Trinajstić information content (AvgIpc) is 2.80. The molecular formula is C13H8N2OS. The van der Waals surface area contributed by atoms with Crippen LogP contribution in [0.3, 0.4) is 0 Å². The summed E-state index contributed by atoms with van der Waals surface area (Å²) in [5.41, 5.74) is 1.62. The molecule has 0 aliphatic heterocycles. The first-order valence-corrected chi connectivity index (χ1v) is 6.07. The number of thiophene rings is 1. The van der Waals surface area contributed by atoms with Crippen molar-refractivity contribution in [3.8, 4) is 11.3 Å². The SMILES string of the molecule is O=c1nc2ccccc2cnc1-c1ccsc1. The topological polar surface area (TPSA) is 42.9 Å². The summed E-state index contributed by atoms with van der Waals surface area (Å²) in [4.78, 5) is 20.3. The van der Waals surface area contributed by atoms with Gasteiger partial charge in [-0.05, 0) is 17.5 Å². The summed E-state index contributed by atoms with van der Waals surface area (Å²) in [6, 6.07) is 9.35. The van der Waals surface area contributed by atoms with Crippen LogP contribution < -0.4 is 5.56 Å². The third-order valence-electron chi connectivity index (χ3n) is 2.49. The van der Waals surface area contributed by atoms with Gasteiger partial charge in [0.15, 0.2) is 0 Å². The smallest absolute Gasteiger partial charge is 0.265 e. The van der Waals surface area contributed by atoms with E-state index in [1.54, 1.807) is 6.20 Å². The fraction of sp³-hybridized carbons (Fsp3) is 0.